The fourth-order valence-electron chi connectivity index (χ4n) is 2.43. The van der Waals surface area contributed by atoms with E-state index in [1.165, 1.54) is 12.8 Å². The van der Waals surface area contributed by atoms with Gasteiger partial charge in [-0.15, -0.1) is 0 Å². The Kier molecular flexibility index (Phi) is 5.83. The van der Waals surface area contributed by atoms with Crippen LogP contribution in [0.5, 0.6) is 0 Å². The Hall–Kier alpha value is -1.10. The highest BCUT2D eigenvalue weighted by atomic mass is 35.5. The molecule has 1 aromatic rings. The number of likely N-dealkylation sites (tertiary alicyclic amines) is 1. The summed E-state index contributed by atoms with van der Waals surface area (Å²) in [5.41, 5.74) is 0.739. The number of anilines is 1. The largest absolute Gasteiger partial charge is 0.325 e. The summed E-state index contributed by atoms with van der Waals surface area (Å²) in [6.45, 7) is 3.57. The molecule has 0 bridgehead atoms. The maximum absolute atomic E-state index is 11.8. The molecular weight excluding hydrogens is 274 g/mol. The van der Waals surface area contributed by atoms with Gasteiger partial charge >= 0.3 is 0 Å². The van der Waals surface area contributed by atoms with E-state index in [1.807, 2.05) is 12.1 Å². The van der Waals surface area contributed by atoms with Crippen LogP contribution >= 0.6 is 11.6 Å². The first-order valence-corrected chi connectivity index (χ1v) is 7.46. The Labute approximate surface area is 125 Å². The van der Waals surface area contributed by atoms with E-state index in [0.717, 1.165) is 25.3 Å². The maximum atomic E-state index is 11.8. The number of piperidine rings is 1. The molecule has 0 saturated carbocycles. The molecule has 0 unspecified atom stereocenters. The molecule has 0 spiro atoms. The summed E-state index contributed by atoms with van der Waals surface area (Å²) in [7, 11) is 2.15. The van der Waals surface area contributed by atoms with Crippen LogP contribution in [0.3, 0.4) is 0 Å². The summed E-state index contributed by atoms with van der Waals surface area (Å²) in [5.74, 6) is 0.658. The first-order chi connectivity index (χ1) is 9.63. The predicted octanol–water partition coefficient (Wildman–Crippen LogP) is 2.21. The second kappa shape index (κ2) is 7.62. The van der Waals surface area contributed by atoms with Crippen molar-refractivity contribution in [3.8, 4) is 0 Å². The molecule has 4 nitrogen and oxygen atoms in total. The van der Waals surface area contributed by atoms with Crippen molar-refractivity contribution in [3.63, 3.8) is 0 Å². The van der Waals surface area contributed by atoms with Crippen molar-refractivity contribution in [2.75, 3.05) is 38.5 Å². The number of nitrogens with one attached hydrogen (secondary N) is 2. The molecule has 2 N–H and O–H groups in total. The van der Waals surface area contributed by atoms with Crippen LogP contribution in [0.2, 0.25) is 5.02 Å². The molecule has 1 fully saturated rings. The van der Waals surface area contributed by atoms with Gasteiger partial charge in [-0.2, -0.15) is 0 Å². The lowest BCUT2D eigenvalue weighted by Gasteiger charge is -2.28. The van der Waals surface area contributed by atoms with E-state index >= 15 is 0 Å². The second-order valence-corrected chi connectivity index (χ2v) is 5.87. The van der Waals surface area contributed by atoms with Gasteiger partial charge in [0.15, 0.2) is 0 Å². The SMILES string of the molecule is CN1CCC(CNCC(=O)Nc2cccc(Cl)c2)CC1. The molecule has 0 aliphatic carbocycles. The minimum atomic E-state index is -0.0276. The number of carbonyl (C=O) groups excluding carboxylic acids is 1. The number of hydrogen-bond donors (Lipinski definition) is 2. The molecule has 2 rings (SSSR count). The topological polar surface area (TPSA) is 44.4 Å². The molecule has 1 saturated heterocycles. The quantitative estimate of drug-likeness (QED) is 0.875. The molecule has 0 radical (unpaired) electrons. The third-order valence-corrected chi connectivity index (χ3v) is 3.90. The van der Waals surface area contributed by atoms with Crippen LogP contribution < -0.4 is 10.6 Å². The van der Waals surface area contributed by atoms with Crippen LogP contribution in [0.4, 0.5) is 5.69 Å². The fraction of sp³-hybridized carbons (Fsp3) is 0.533. The first-order valence-electron chi connectivity index (χ1n) is 7.08. The normalized spacial score (nSPS) is 17.1. The smallest absolute Gasteiger partial charge is 0.238 e. The van der Waals surface area contributed by atoms with Gasteiger partial charge in [0, 0.05) is 10.7 Å². The summed E-state index contributed by atoms with van der Waals surface area (Å²) in [6, 6.07) is 7.19. The van der Waals surface area contributed by atoms with Gasteiger partial charge in [-0.1, -0.05) is 17.7 Å². The number of carbonyl (C=O) groups is 1. The molecule has 110 valence electrons. The van der Waals surface area contributed by atoms with Gasteiger partial charge in [0.1, 0.15) is 0 Å². The van der Waals surface area contributed by atoms with Crippen molar-refractivity contribution in [2.24, 2.45) is 5.92 Å². The summed E-state index contributed by atoms with van der Waals surface area (Å²) >= 11 is 5.88. The molecule has 1 heterocycles. The standard InChI is InChI=1S/C15H22ClN3O/c1-19-7-5-12(6-8-19)10-17-11-15(20)18-14-4-2-3-13(16)9-14/h2-4,9,12,17H,5-8,10-11H2,1H3,(H,18,20). The van der Waals surface area contributed by atoms with E-state index in [-0.39, 0.29) is 5.91 Å². The maximum Gasteiger partial charge on any atom is 0.238 e. The third-order valence-electron chi connectivity index (χ3n) is 3.67. The van der Waals surface area contributed by atoms with Crippen molar-refractivity contribution < 1.29 is 4.79 Å². The molecule has 1 aliphatic rings. The van der Waals surface area contributed by atoms with Crippen molar-refractivity contribution >= 4 is 23.2 Å². The number of nitrogens with zero attached hydrogens (tertiary/aromatic N) is 1. The van der Waals surface area contributed by atoms with Crippen LogP contribution in [0.15, 0.2) is 24.3 Å². The van der Waals surface area contributed by atoms with Crippen molar-refractivity contribution in [3.05, 3.63) is 29.3 Å². The summed E-state index contributed by atoms with van der Waals surface area (Å²) in [6.07, 6.45) is 2.42. The van der Waals surface area contributed by atoms with Gasteiger partial charge in [-0.05, 0) is 63.6 Å². The second-order valence-electron chi connectivity index (χ2n) is 5.44. The zero-order valence-corrected chi connectivity index (χ0v) is 12.6. The lowest BCUT2D eigenvalue weighted by molar-refractivity contribution is -0.115. The van der Waals surface area contributed by atoms with E-state index in [9.17, 15) is 4.79 Å². The number of amides is 1. The van der Waals surface area contributed by atoms with E-state index in [0.29, 0.717) is 17.5 Å². The van der Waals surface area contributed by atoms with Crippen molar-refractivity contribution in [1.29, 1.82) is 0 Å². The van der Waals surface area contributed by atoms with E-state index in [4.69, 9.17) is 11.6 Å². The Balaban J connectivity index is 1.65. The van der Waals surface area contributed by atoms with Gasteiger partial charge in [0.2, 0.25) is 5.91 Å². The minimum Gasteiger partial charge on any atom is -0.325 e. The van der Waals surface area contributed by atoms with Gasteiger partial charge in [0.25, 0.3) is 0 Å². The Morgan fingerprint density at radius 1 is 1.40 bits per heavy atom. The lowest BCUT2D eigenvalue weighted by atomic mass is 9.97. The molecule has 0 aromatic heterocycles. The molecule has 5 heteroatoms. The van der Waals surface area contributed by atoms with Crippen LogP contribution in [-0.2, 0) is 4.79 Å². The summed E-state index contributed by atoms with van der Waals surface area (Å²) < 4.78 is 0. The minimum absolute atomic E-state index is 0.0276. The van der Waals surface area contributed by atoms with Crippen LogP contribution in [-0.4, -0.2) is 44.0 Å². The highest BCUT2D eigenvalue weighted by molar-refractivity contribution is 6.30. The first kappa shape index (κ1) is 15.3. The molecule has 1 amide bonds. The van der Waals surface area contributed by atoms with E-state index in [2.05, 4.69) is 22.6 Å². The highest BCUT2D eigenvalue weighted by Gasteiger charge is 2.16. The highest BCUT2D eigenvalue weighted by Crippen LogP contribution is 2.15. The third kappa shape index (κ3) is 5.12. The Bertz CT molecular complexity index is 444. The van der Waals surface area contributed by atoms with E-state index < -0.39 is 0 Å². The molecular formula is C15H22ClN3O. The number of hydrogen-bond acceptors (Lipinski definition) is 3. The average Bonchev–Trinajstić information content (AvgIpc) is 2.41. The van der Waals surface area contributed by atoms with Crippen molar-refractivity contribution in [2.45, 2.75) is 12.8 Å². The fourth-order valence-corrected chi connectivity index (χ4v) is 2.62. The zero-order valence-electron chi connectivity index (χ0n) is 11.9. The van der Waals surface area contributed by atoms with Gasteiger partial charge in [0.05, 0.1) is 6.54 Å². The van der Waals surface area contributed by atoms with E-state index in [1.54, 1.807) is 12.1 Å². The lowest BCUT2D eigenvalue weighted by Crippen LogP contribution is -2.37. The predicted molar refractivity (Wildman–Crippen MR) is 83.2 cm³/mol. The van der Waals surface area contributed by atoms with Gasteiger partial charge < -0.3 is 15.5 Å². The molecule has 20 heavy (non-hydrogen) atoms. The Morgan fingerprint density at radius 3 is 2.85 bits per heavy atom. The monoisotopic (exact) mass is 295 g/mol. The molecule has 1 aromatic carbocycles. The van der Waals surface area contributed by atoms with Crippen LogP contribution in [0, 0.1) is 5.92 Å². The van der Waals surface area contributed by atoms with Gasteiger partial charge in [-0.3, -0.25) is 4.79 Å². The zero-order chi connectivity index (χ0) is 14.4. The van der Waals surface area contributed by atoms with Crippen LogP contribution in [0.1, 0.15) is 12.8 Å². The number of benzene rings is 1. The number of rotatable bonds is 5. The summed E-state index contributed by atoms with van der Waals surface area (Å²) in [4.78, 5) is 14.1. The molecule has 0 atom stereocenters. The van der Waals surface area contributed by atoms with Crippen LogP contribution in [0.25, 0.3) is 0 Å². The Morgan fingerprint density at radius 2 is 2.15 bits per heavy atom. The molecule has 1 aliphatic heterocycles. The van der Waals surface area contributed by atoms with Crippen molar-refractivity contribution in [1.82, 2.24) is 10.2 Å². The average molecular weight is 296 g/mol. The summed E-state index contributed by atoms with van der Waals surface area (Å²) in [5, 5.41) is 6.70. The number of halogens is 1. The van der Waals surface area contributed by atoms with Gasteiger partial charge in [-0.25, -0.2) is 0 Å².